The second-order valence-electron chi connectivity index (χ2n) is 11.1. The third-order valence-electron chi connectivity index (χ3n) is 5.66. The quantitative estimate of drug-likeness (QED) is 0.180. The molecule has 0 N–H and O–H groups in total. The molecule has 0 aliphatic carbocycles. The van der Waals surface area contributed by atoms with Crippen molar-refractivity contribution >= 4 is 18.0 Å². The first-order valence-electron chi connectivity index (χ1n) is 12.9. The lowest BCUT2D eigenvalue weighted by atomic mass is 10.00. The van der Waals surface area contributed by atoms with Crippen LogP contribution in [0.25, 0.3) is 0 Å². The summed E-state index contributed by atoms with van der Waals surface area (Å²) in [6, 6.07) is 9.25. The van der Waals surface area contributed by atoms with Crippen LogP contribution >= 0.6 is 0 Å². The van der Waals surface area contributed by atoms with Gasteiger partial charge in [-0.15, -0.1) is 0 Å². The number of rotatable bonds is 11. The molecule has 0 fully saturated rings. The minimum atomic E-state index is -4.57. The number of amides is 1. The Kier molecular flexibility index (Phi) is 11.3. The molecule has 0 aliphatic heterocycles. The molecule has 0 saturated carbocycles. The van der Waals surface area contributed by atoms with Crippen LogP contribution in [0.15, 0.2) is 48.7 Å². The Morgan fingerprint density at radius 3 is 2.07 bits per heavy atom. The van der Waals surface area contributed by atoms with Crippen LogP contribution in [-0.4, -0.2) is 58.4 Å². The summed E-state index contributed by atoms with van der Waals surface area (Å²) in [5, 5.41) is 0. The van der Waals surface area contributed by atoms with Gasteiger partial charge < -0.3 is 14.2 Å². The Morgan fingerprint density at radius 1 is 0.927 bits per heavy atom. The van der Waals surface area contributed by atoms with Crippen LogP contribution in [0.5, 0.6) is 0 Å². The SMILES string of the molecule is CN(C(=O)OC(C)(C)C)[C@@H](CC(C)(C)F)C(=O)O[C@H](CCc1ccc(C(F)(F)F)cn1)C(=O)OCc1ccccc1. The van der Waals surface area contributed by atoms with E-state index in [1.807, 2.05) is 0 Å². The summed E-state index contributed by atoms with van der Waals surface area (Å²) in [6.07, 6.45) is -7.03. The lowest BCUT2D eigenvalue weighted by Crippen LogP contribution is -2.49. The number of benzene rings is 1. The van der Waals surface area contributed by atoms with Gasteiger partial charge in [-0.05, 0) is 58.7 Å². The monoisotopic (exact) mass is 584 g/mol. The number of esters is 2. The average Bonchev–Trinajstić information content (AvgIpc) is 2.86. The summed E-state index contributed by atoms with van der Waals surface area (Å²) in [7, 11) is 1.25. The van der Waals surface area contributed by atoms with Gasteiger partial charge in [0.25, 0.3) is 0 Å². The van der Waals surface area contributed by atoms with E-state index in [-0.39, 0.29) is 25.1 Å². The van der Waals surface area contributed by atoms with E-state index in [1.165, 1.54) is 20.9 Å². The second-order valence-corrected chi connectivity index (χ2v) is 11.1. The van der Waals surface area contributed by atoms with E-state index < -0.39 is 59.6 Å². The van der Waals surface area contributed by atoms with Gasteiger partial charge in [0, 0.05) is 31.8 Å². The number of pyridine rings is 1. The highest BCUT2D eigenvalue weighted by Crippen LogP contribution is 2.28. The van der Waals surface area contributed by atoms with Crippen LogP contribution in [0.2, 0.25) is 0 Å². The number of aryl methyl sites for hydroxylation is 1. The maximum atomic E-state index is 14.7. The van der Waals surface area contributed by atoms with Crippen molar-refractivity contribution in [2.24, 2.45) is 0 Å². The molecular formula is C29H36F4N2O6. The van der Waals surface area contributed by atoms with E-state index in [4.69, 9.17) is 14.2 Å². The molecule has 8 nitrogen and oxygen atoms in total. The van der Waals surface area contributed by atoms with E-state index in [0.29, 0.717) is 11.8 Å². The van der Waals surface area contributed by atoms with Crippen LogP contribution in [0, 0.1) is 0 Å². The fourth-order valence-corrected chi connectivity index (χ4v) is 3.58. The maximum absolute atomic E-state index is 14.7. The second kappa shape index (κ2) is 13.8. The molecule has 1 aromatic carbocycles. The third-order valence-corrected chi connectivity index (χ3v) is 5.66. The zero-order chi connectivity index (χ0) is 31.0. The molecule has 12 heteroatoms. The van der Waals surface area contributed by atoms with Gasteiger partial charge in [-0.25, -0.2) is 18.8 Å². The highest BCUT2D eigenvalue weighted by molar-refractivity contribution is 5.84. The minimum absolute atomic E-state index is 0.0440. The summed E-state index contributed by atoms with van der Waals surface area (Å²) < 4.78 is 69.5. The number of hydrogen-bond donors (Lipinski definition) is 0. The van der Waals surface area contributed by atoms with E-state index in [2.05, 4.69) is 4.98 Å². The van der Waals surface area contributed by atoms with E-state index >= 15 is 0 Å². The van der Waals surface area contributed by atoms with Gasteiger partial charge in [0.1, 0.15) is 23.9 Å². The number of likely N-dealkylation sites (N-methyl/N-ethyl adjacent to an activating group) is 1. The number of alkyl halides is 4. The number of carbonyl (C=O) groups is 3. The largest absolute Gasteiger partial charge is 0.458 e. The molecule has 1 aromatic heterocycles. The van der Waals surface area contributed by atoms with Crippen LogP contribution in [-0.2, 0) is 43.0 Å². The van der Waals surface area contributed by atoms with Crippen molar-refractivity contribution in [1.29, 1.82) is 0 Å². The molecule has 1 amide bonds. The van der Waals surface area contributed by atoms with Crippen molar-refractivity contribution in [2.45, 2.75) is 90.1 Å². The first kappa shape index (κ1) is 33.5. The van der Waals surface area contributed by atoms with Gasteiger partial charge >= 0.3 is 24.2 Å². The van der Waals surface area contributed by atoms with E-state index in [0.717, 1.165) is 17.0 Å². The number of ether oxygens (including phenoxy) is 3. The van der Waals surface area contributed by atoms with Crippen molar-refractivity contribution in [3.63, 3.8) is 0 Å². The van der Waals surface area contributed by atoms with E-state index in [9.17, 15) is 31.9 Å². The molecule has 226 valence electrons. The van der Waals surface area contributed by atoms with Gasteiger partial charge in [0.05, 0.1) is 5.56 Å². The van der Waals surface area contributed by atoms with Crippen LogP contribution < -0.4 is 0 Å². The molecule has 2 atom stereocenters. The molecule has 41 heavy (non-hydrogen) atoms. The zero-order valence-electron chi connectivity index (χ0n) is 24.0. The molecule has 0 bridgehead atoms. The lowest BCUT2D eigenvalue weighted by molar-refractivity contribution is -0.172. The number of hydrogen-bond acceptors (Lipinski definition) is 7. The smallest absolute Gasteiger partial charge is 0.417 e. The van der Waals surface area contributed by atoms with Crippen LogP contribution in [0.1, 0.15) is 64.3 Å². The summed E-state index contributed by atoms with van der Waals surface area (Å²) in [6.45, 7) is 7.18. The molecule has 0 aliphatic rings. The molecule has 0 saturated heterocycles. The molecule has 1 heterocycles. The zero-order valence-corrected chi connectivity index (χ0v) is 24.0. The minimum Gasteiger partial charge on any atom is -0.458 e. The molecular weight excluding hydrogens is 548 g/mol. The molecule has 0 unspecified atom stereocenters. The van der Waals surface area contributed by atoms with Gasteiger partial charge in [0.2, 0.25) is 0 Å². The highest BCUT2D eigenvalue weighted by Gasteiger charge is 2.38. The van der Waals surface area contributed by atoms with Crippen molar-refractivity contribution in [1.82, 2.24) is 9.88 Å². The van der Waals surface area contributed by atoms with Crippen molar-refractivity contribution in [3.05, 3.63) is 65.5 Å². The first-order valence-corrected chi connectivity index (χ1v) is 12.9. The summed E-state index contributed by atoms with van der Waals surface area (Å²) >= 11 is 0. The first-order chi connectivity index (χ1) is 18.9. The summed E-state index contributed by atoms with van der Waals surface area (Å²) in [5.74, 6) is -2.00. The predicted molar refractivity (Wildman–Crippen MR) is 141 cm³/mol. The topological polar surface area (TPSA) is 95.0 Å². The number of halogens is 4. The summed E-state index contributed by atoms with van der Waals surface area (Å²) in [5.41, 5.74) is -2.87. The molecule has 0 spiro atoms. The Balaban J connectivity index is 2.26. The van der Waals surface area contributed by atoms with Gasteiger partial charge in [0.15, 0.2) is 6.10 Å². The van der Waals surface area contributed by atoms with E-state index in [1.54, 1.807) is 51.1 Å². The predicted octanol–water partition coefficient (Wildman–Crippen LogP) is 6.06. The van der Waals surface area contributed by atoms with Crippen molar-refractivity contribution in [2.75, 3.05) is 7.05 Å². The summed E-state index contributed by atoms with van der Waals surface area (Å²) in [4.78, 5) is 43.7. The number of aromatic nitrogens is 1. The van der Waals surface area contributed by atoms with Gasteiger partial charge in [-0.2, -0.15) is 13.2 Å². The number of nitrogens with zero attached hydrogens (tertiary/aromatic N) is 2. The van der Waals surface area contributed by atoms with Gasteiger partial charge in [-0.3, -0.25) is 9.88 Å². The normalized spacial score (nSPS) is 13.6. The molecule has 2 aromatic rings. The number of carbonyl (C=O) groups excluding carboxylic acids is 3. The Hall–Kier alpha value is -3.70. The van der Waals surface area contributed by atoms with Crippen LogP contribution in [0.3, 0.4) is 0 Å². The average molecular weight is 585 g/mol. The fraction of sp³-hybridized carbons (Fsp3) is 0.517. The fourth-order valence-electron chi connectivity index (χ4n) is 3.58. The van der Waals surface area contributed by atoms with Gasteiger partial charge in [-0.1, -0.05) is 30.3 Å². The van der Waals surface area contributed by atoms with Crippen LogP contribution in [0.4, 0.5) is 22.4 Å². The Bertz CT molecular complexity index is 1160. The maximum Gasteiger partial charge on any atom is 0.417 e. The standard InChI is InChI=1S/C29H36F4N2O6/c1-27(2,3)41-26(38)35(6)22(16-28(4,5)30)24(36)40-23(25(37)39-18-19-10-8-7-9-11-19)15-14-21-13-12-20(17-34-21)29(31,32)33/h7-13,17,22-23H,14-16,18H2,1-6H3/t22-,23+/m0/s1. The molecule has 2 rings (SSSR count). The third kappa shape index (κ3) is 11.7. The molecule has 0 radical (unpaired) electrons. The highest BCUT2D eigenvalue weighted by atomic mass is 19.4. The van der Waals surface area contributed by atoms with Crippen molar-refractivity contribution in [3.8, 4) is 0 Å². The Labute approximate surface area is 237 Å². The Morgan fingerprint density at radius 2 is 1.56 bits per heavy atom. The lowest BCUT2D eigenvalue weighted by Gasteiger charge is -2.32. The van der Waals surface area contributed by atoms with Crippen molar-refractivity contribution < 1.29 is 46.2 Å².